The van der Waals surface area contributed by atoms with Crippen molar-refractivity contribution in [2.24, 2.45) is 0 Å². The van der Waals surface area contributed by atoms with Gasteiger partial charge in [-0.3, -0.25) is 0 Å². The third kappa shape index (κ3) is 3.65. The van der Waals surface area contributed by atoms with E-state index in [2.05, 4.69) is 5.32 Å². The molecule has 0 heterocycles. The van der Waals surface area contributed by atoms with Crippen molar-refractivity contribution in [2.75, 3.05) is 6.61 Å². The first-order valence-electron chi connectivity index (χ1n) is 4.86. The van der Waals surface area contributed by atoms with Gasteiger partial charge in [0.15, 0.2) is 0 Å². The van der Waals surface area contributed by atoms with E-state index < -0.39 is 0 Å². The third-order valence-corrected chi connectivity index (χ3v) is 2.81. The molecule has 1 unspecified atom stereocenters. The van der Waals surface area contributed by atoms with Crippen molar-refractivity contribution in [3.8, 4) is 0 Å². The maximum atomic E-state index is 8.93. The number of hydrogen-bond acceptors (Lipinski definition) is 2. The van der Waals surface area contributed by atoms with Crippen LogP contribution in [0.25, 0.3) is 0 Å². The van der Waals surface area contributed by atoms with Crippen molar-refractivity contribution in [3.05, 3.63) is 33.8 Å². The minimum Gasteiger partial charge on any atom is -0.395 e. The van der Waals surface area contributed by atoms with Crippen LogP contribution in [0.1, 0.15) is 25.5 Å². The minimum absolute atomic E-state index is 0.0371. The first-order chi connectivity index (χ1) is 7.04. The summed E-state index contributed by atoms with van der Waals surface area (Å²) in [6, 6.07) is 5.48. The maximum Gasteiger partial charge on any atom is 0.0582 e. The first-order valence-corrected chi connectivity index (χ1v) is 5.62. The lowest BCUT2D eigenvalue weighted by Gasteiger charge is -2.19. The van der Waals surface area contributed by atoms with Crippen LogP contribution in [0.3, 0.4) is 0 Å². The molecule has 1 rings (SSSR count). The molecular weight excluding hydrogens is 233 g/mol. The molecule has 0 aliphatic rings. The van der Waals surface area contributed by atoms with Crippen LogP contribution in [-0.4, -0.2) is 17.8 Å². The average molecular weight is 248 g/mol. The Hall–Kier alpha value is -0.280. The number of aliphatic hydroxyl groups excluding tert-OH is 1. The molecule has 0 radical (unpaired) electrons. The van der Waals surface area contributed by atoms with Crippen LogP contribution in [0, 0.1) is 0 Å². The Balaban J connectivity index is 2.80. The van der Waals surface area contributed by atoms with E-state index >= 15 is 0 Å². The molecule has 4 heteroatoms. The number of nitrogens with one attached hydrogen (secondary N) is 1. The second-order valence-electron chi connectivity index (χ2n) is 3.64. The quantitative estimate of drug-likeness (QED) is 0.858. The Bertz CT molecular complexity index is 330. The molecule has 2 nitrogen and oxygen atoms in total. The predicted octanol–water partition coefficient (Wildman–Crippen LogP) is 3.02. The highest BCUT2D eigenvalue weighted by Gasteiger charge is 2.12. The third-order valence-electron chi connectivity index (χ3n) is 2.23. The average Bonchev–Trinajstić information content (AvgIpc) is 2.21. The summed E-state index contributed by atoms with van der Waals surface area (Å²) in [6.45, 7) is 4.00. The number of halogens is 2. The summed E-state index contributed by atoms with van der Waals surface area (Å²) >= 11 is 12.0. The summed E-state index contributed by atoms with van der Waals surface area (Å²) in [4.78, 5) is 0. The van der Waals surface area contributed by atoms with Gasteiger partial charge in [0.2, 0.25) is 0 Å². The summed E-state index contributed by atoms with van der Waals surface area (Å²) in [7, 11) is 0. The fraction of sp³-hybridized carbons (Fsp3) is 0.455. The molecule has 0 aliphatic carbocycles. The maximum absolute atomic E-state index is 8.93. The van der Waals surface area contributed by atoms with Crippen molar-refractivity contribution >= 4 is 23.2 Å². The molecule has 0 saturated carbocycles. The van der Waals surface area contributed by atoms with Gasteiger partial charge in [0.05, 0.1) is 6.61 Å². The van der Waals surface area contributed by atoms with Crippen LogP contribution in [0.5, 0.6) is 0 Å². The predicted molar refractivity (Wildman–Crippen MR) is 64.6 cm³/mol. The molecule has 0 aliphatic heterocycles. The lowest BCUT2D eigenvalue weighted by atomic mass is 10.1. The molecular formula is C11H15Cl2NO. The molecule has 0 bridgehead atoms. The molecule has 0 amide bonds. The molecule has 0 spiro atoms. The largest absolute Gasteiger partial charge is 0.395 e. The minimum atomic E-state index is 0.0371. The molecule has 2 atom stereocenters. The van der Waals surface area contributed by atoms with Crippen molar-refractivity contribution in [1.29, 1.82) is 0 Å². The van der Waals surface area contributed by atoms with Crippen LogP contribution in [-0.2, 0) is 0 Å². The number of hydrogen-bond donors (Lipinski definition) is 2. The van der Waals surface area contributed by atoms with Gasteiger partial charge in [-0.05, 0) is 37.6 Å². The number of benzene rings is 1. The van der Waals surface area contributed by atoms with E-state index in [4.69, 9.17) is 28.3 Å². The van der Waals surface area contributed by atoms with Crippen LogP contribution < -0.4 is 5.32 Å². The highest BCUT2D eigenvalue weighted by atomic mass is 35.5. The van der Waals surface area contributed by atoms with E-state index in [-0.39, 0.29) is 18.7 Å². The monoisotopic (exact) mass is 247 g/mol. The molecule has 1 aromatic carbocycles. The van der Waals surface area contributed by atoms with E-state index in [0.29, 0.717) is 10.0 Å². The van der Waals surface area contributed by atoms with Crippen LogP contribution in [0.2, 0.25) is 10.0 Å². The first kappa shape index (κ1) is 12.8. The van der Waals surface area contributed by atoms with E-state index in [1.165, 1.54) is 0 Å². The Morgan fingerprint density at radius 3 is 2.60 bits per heavy atom. The van der Waals surface area contributed by atoms with Crippen LogP contribution in [0.4, 0.5) is 0 Å². The molecule has 15 heavy (non-hydrogen) atoms. The van der Waals surface area contributed by atoms with Crippen molar-refractivity contribution in [2.45, 2.75) is 25.9 Å². The van der Waals surface area contributed by atoms with E-state index in [1.54, 1.807) is 12.1 Å². The highest BCUT2D eigenvalue weighted by molar-refractivity contribution is 6.33. The van der Waals surface area contributed by atoms with Gasteiger partial charge >= 0.3 is 0 Å². The molecule has 84 valence electrons. The van der Waals surface area contributed by atoms with Crippen LogP contribution in [0.15, 0.2) is 18.2 Å². The van der Waals surface area contributed by atoms with Gasteiger partial charge < -0.3 is 10.4 Å². The zero-order valence-electron chi connectivity index (χ0n) is 8.80. The smallest absolute Gasteiger partial charge is 0.0582 e. The lowest BCUT2D eigenvalue weighted by molar-refractivity contribution is 0.243. The zero-order valence-corrected chi connectivity index (χ0v) is 10.3. The number of rotatable bonds is 4. The van der Waals surface area contributed by atoms with Gasteiger partial charge in [-0.1, -0.05) is 23.2 Å². The fourth-order valence-electron chi connectivity index (χ4n) is 1.42. The summed E-state index contributed by atoms with van der Waals surface area (Å²) in [5, 5.41) is 13.5. The Morgan fingerprint density at radius 2 is 2.00 bits per heavy atom. The van der Waals surface area contributed by atoms with E-state index in [0.717, 1.165) is 5.56 Å². The van der Waals surface area contributed by atoms with Gasteiger partial charge in [0.1, 0.15) is 0 Å². The summed E-state index contributed by atoms with van der Waals surface area (Å²) < 4.78 is 0. The van der Waals surface area contributed by atoms with Crippen molar-refractivity contribution in [1.82, 2.24) is 5.32 Å². The molecule has 0 saturated heterocycles. The zero-order chi connectivity index (χ0) is 11.4. The van der Waals surface area contributed by atoms with E-state index in [1.807, 2.05) is 19.9 Å². The number of aliphatic hydroxyl groups is 1. The second-order valence-corrected chi connectivity index (χ2v) is 4.48. The second kappa shape index (κ2) is 5.71. The molecule has 1 aromatic rings. The van der Waals surface area contributed by atoms with Crippen molar-refractivity contribution in [3.63, 3.8) is 0 Å². The van der Waals surface area contributed by atoms with Crippen molar-refractivity contribution < 1.29 is 5.11 Å². The highest BCUT2D eigenvalue weighted by Crippen LogP contribution is 2.26. The summed E-state index contributed by atoms with van der Waals surface area (Å²) in [5.74, 6) is 0. The Kier molecular flexibility index (Phi) is 4.87. The molecule has 0 fully saturated rings. The summed E-state index contributed by atoms with van der Waals surface area (Å²) in [6.07, 6.45) is 0. The fourth-order valence-corrected chi connectivity index (χ4v) is 1.88. The molecule has 0 aromatic heterocycles. The Labute approximate surface area is 100 Å². The van der Waals surface area contributed by atoms with Crippen LogP contribution >= 0.6 is 23.2 Å². The lowest BCUT2D eigenvalue weighted by Crippen LogP contribution is -2.31. The topological polar surface area (TPSA) is 32.3 Å². The molecule has 2 N–H and O–H groups in total. The van der Waals surface area contributed by atoms with E-state index in [9.17, 15) is 0 Å². The normalized spacial score (nSPS) is 15.0. The van der Waals surface area contributed by atoms with Gasteiger partial charge in [-0.25, -0.2) is 0 Å². The SMILES string of the molecule is CC(N[C@@H](C)CO)c1cc(Cl)ccc1Cl. The van der Waals surface area contributed by atoms with Gasteiger partial charge in [0.25, 0.3) is 0 Å². The summed E-state index contributed by atoms with van der Waals surface area (Å²) in [5.41, 5.74) is 0.949. The standard InChI is InChI=1S/C11H15Cl2NO/c1-7(6-15)14-8(2)10-5-9(12)3-4-11(10)13/h3-5,7-8,14-15H,6H2,1-2H3/t7-,8?/m0/s1. The van der Waals surface area contributed by atoms with Gasteiger partial charge in [-0.2, -0.15) is 0 Å². The van der Waals surface area contributed by atoms with Gasteiger partial charge in [0, 0.05) is 22.1 Å². The van der Waals surface area contributed by atoms with Gasteiger partial charge in [-0.15, -0.1) is 0 Å². The Morgan fingerprint density at radius 1 is 1.33 bits per heavy atom.